The van der Waals surface area contributed by atoms with Crippen LogP contribution in [-0.4, -0.2) is 18.7 Å². The number of anilines is 1. The molecule has 1 aromatic heterocycles. The SMILES string of the molecule is CCOC(=O)Nc1ccc2c(COC(=O)[C@@H]3C[C@@H]3C)cc(=O)oc2c1. The van der Waals surface area contributed by atoms with Crippen LogP contribution >= 0.6 is 0 Å². The normalized spacial score (nSPS) is 18.6. The molecule has 1 amide bonds. The zero-order chi connectivity index (χ0) is 18.0. The highest BCUT2D eigenvalue weighted by molar-refractivity contribution is 5.90. The fourth-order valence-electron chi connectivity index (χ4n) is 2.62. The fraction of sp³-hybridized carbons (Fsp3) is 0.389. The third kappa shape index (κ3) is 3.99. The molecule has 3 rings (SSSR count). The monoisotopic (exact) mass is 345 g/mol. The molecule has 1 fully saturated rings. The molecule has 0 aliphatic heterocycles. The molecule has 1 N–H and O–H groups in total. The number of hydrogen-bond donors (Lipinski definition) is 1. The van der Waals surface area contributed by atoms with Crippen LogP contribution in [0.3, 0.4) is 0 Å². The molecule has 2 aromatic rings. The molecule has 7 heteroatoms. The second-order valence-electron chi connectivity index (χ2n) is 6.07. The minimum Gasteiger partial charge on any atom is -0.461 e. The molecule has 0 spiro atoms. The highest BCUT2D eigenvalue weighted by Gasteiger charge is 2.40. The van der Waals surface area contributed by atoms with Crippen LogP contribution in [0.2, 0.25) is 0 Å². The smallest absolute Gasteiger partial charge is 0.411 e. The van der Waals surface area contributed by atoms with Crippen molar-refractivity contribution in [2.75, 3.05) is 11.9 Å². The third-order valence-electron chi connectivity index (χ3n) is 4.13. The molecular weight excluding hydrogens is 326 g/mol. The number of fused-ring (bicyclic) bond motifs is 1. The van der Waals surface area contributed by atoms with Gasteiger partial charge >= 0.3 is 17.7 Å². The molecule has 0 bridgehead atoms. The summed E-state index contributed by atoms with van der Waals surface area (Å²) in [4.78, 5) is 35.1. The maximum Gasteiger partial charge on any atom is 0.411 e. The number of esters is 1. The molecule has 1 heterocycles. The van der Waals surface area contributed by atoms with Crippen molar-refractivity contribution in [3.8, 4) is 0 Å². The predicted octanol–water partition coefficient (Wildman–Crippen LogP) is 3.06. The van der Waals surface area contributed by atoms with Crippen LogP contribution in [0.25, 0.3) is 11.0 Å². The molecule has 0 saturated heterocycles. The third-order valence-corrected chi connectivity index (χ3v) is 4.13. The van der Waals surface area contributed by atoms with E-state index in [0.717, 1.165) is 6.42 Å². The lowest BCUT2D eigenvalue weighted by atomic mass is 10.1. The lowest BCUT2D eigenvalue weighted by Crippen LogP contribution is -2.13. The van der Waals surface area contributed by atoms with Gasteiger partial charge in [-0.05, 0) is 31.4 Å². The molecule has 7 nitrogen and oxygen atoms in total. The van der Waals surface area contributed by atoms with Crippen LogP contribution in [0.5, 0.6) is 0 Å². The van der Waals surface area contributed by atoms with Crippen molar-refractivity contribution in [2.45, 2.75) is 26.9 Å². The Morgan fingerprint density at radius 2 is 2.04 bits per heavy atom. The van der Waals surface area contributed by atoms with E-state index in [1.807, 2.05) is 6.92 Å². The summed E-state index contributed by atoms with van der Waals surface area (Å²) in [6.45, 7) is 3.96. The van der Waals surface area contributed by atoms with Crippen LogP contribution in [0.4, 0.5) is 10.5 Å². The van der Waals surface area contributed by atoms with Gasteiger partial charge in [0.05, 0.1) is 12.5 Å². The first-order valence-corrected chi connectivity index (χ1v) is 8.15. The summed E-state index contributed by atoms with van der Waals surface area (Å²) >= 11 is 0. The van der Waals surface area contributed by atoms with Gasteiger partial charge in [-0.25, -0.2) is 9.59 Å². The Morgan fingerprint density at radius 1 is 1.28 bits per heavy atom. The molecule has 132 valence electrons. The number of amides is 1. The topological polar surface area (TPSA) is 94.8 Å². The lowest BCUT2D eigenvalue weighted by Gasteiger charge is -2.09. The number of rotatable bonds is 5. The number of nitrogens with one attached hydrogen (secondary N) is 1. The first-order chi connectivity index (χ1) is 12.0. The Balaban J connectivity index is 1.80. The van der Waals surface area contributed by atoms with Gasteiger partial charge in [0.1, 0.15) is 12.2 Å². The molecule has 0 unspecified atom stereocenters. The van der Waals surface area contributed by atoms with Crippen LogP contribution in [-0.2, 0) is 20.9 Å². The van der Waals surface area contributed by atoms with E-state index in [-0.39, 0.29) is 25.1 Å². The molecule has 1 aromatic carbocycles. The zero-order valence-electron chi connectivity index (χ0n) is 14.0. The second kappa shape index (κ2) is 6.96. The van der Waals surface area contributed by atoms with E-state index in [4.69, 9.17) is 13.9 Å². The van der Waals surface area contributed by atoms with Gasteiger partial charge in [0.15, 0.2) is 0 Å². The maximum atomic E-state index is 11.9. The molecule has 25 heavy (non-hydrogen) atoms. The Kier molecular flexibility index (Phi) is 4.74. The van der Waals surface area contributed by atoms with Crippen molar-refractivity contribution < 1.29 is 23.5 Å². The number of carbonyl (C=O) groups excluding carboxylic acids is 2. The van der Waals surface area contributed by atoms with Crippen molar-refractivity contribution in [3.05, 3.63) is 40.2 Å². The van der Waals surface area contributed by atoms with E-state index in [1.165, 1.54) is 12.1 Å². The van der Waals surface area contributed by atoms with E-state index in [9.17, 15) is 14.4 Å². The van der Waals surface area contributed by atoms with Crippen molar-refractivity contribution in [1.82, 2.24) is 0 Å². The first-order valence-electron chi connectivity index (χ1n) is 8.15. The van der Waals surface area contributed by atoms with Crippen molar-refractivity contribution in [3.63, 3.8) is 0 Å². The van der Waals surface area contributed by atoms with Crippen molar-refractivity contribution >= 4 is 28.7 Å². The molecule has 0 radical (unpaired) electrons. The number of ether oxygens (including phenoxy) is 2. The van der Waals surface area contributed by atoms with E-state index >= 15 is 0 Å². The minimum absolute atomic E-state index is 0.00874. The van der Waals surface area contributed by atoms with Crippen molar-refractivity contribution in [2.24, 2.45) is 11.8 Å². The average Bonchev–Trinajstić information content (AvgIpc) is 3.29. The minimum atomic E-state index is -0.590. The quantitative estimate of drug-likeness (QED) is 0.661. The molecule has 1 saturated carbocycles. The van der Waals surface area contributed by atoms with Gasteiger partial charge in [0.2, 0.25) is 0 Å². The Bertz CT molecular complexity index is 871. The maximum absolute atomic E-state index is 11.9. The predicted molar refractivity (Wildman–Crippen MR) is 90.2 cm³/mol. The fourth-order valence-corrected chi connectivity index (χ4v) is 2.62. The Labute approximate surface area is 143 Å². The van der Waals surface area contributed by atoms with E-state index < -0.39 is 11.7 Å². The molecule has 1 aliphatic carbocycles. The van der Waals surface area contributed by atoms with Crippen LogP contribution in [0, 0.1) is 11.8 Å². The molecular formula is C18H19NO6. The van der Waals surface area contributed by atoms with E-state index in [1.54, 1.807) is 19.1 Å². The van der Waals surface area contributed by atoms with E-state index in [2.05, 4.69) is 5.32 Å². The van der Waals surface area contributed by atoms with Gasteiger partial charge in [-0.1, -0.05) is 6.92 Å². The van der Waals surface area contributed by atoms with Crippen LogP contribution in [0.15, 0.2) is 33.5 Å². The summed E-state index contributed by atoms with van der Waals surface area (Å²) in [6, 6.07) is 6.20. The summed E-state index contributed by atoms with van der Waals surface area (Å²) in [7, 11) is 0. The molecule has 1 aliphatic rings. The van der Waals surface area contributed by atoms with Crippen LogP contribution in [0.1, 0.15) is 25.8 Å². The molecule has 2 atom stereocenters. The number of hydrogen-bond acceptors (Lipinski definition) is 6. The van der Waals surface area contributed by atoms with Crippen LogP contribution < -0.4 is 10.9 Å². The van der Waals surface area contributed by atoms with Gasteiger partial charge in [-0.15, -0.1) is 0 Å². The van der Waals surface area contributed by atoms with E-state index in [0.29, 0.717) is 28.1 Å². The van der Waals surface area contributed by atoms with Gasteiger partial charge in [0, 0.05) is 28.8 Å². The Hall–Kier alpha value is -2.83. The summed E-state index contributed by atoms with van der Waals surface area (Å²) in [5, 5.41) is 3.19. The second-order valence-corrected chi connectivity index (χ2v) is 6.07. The van der Waals surface area contributed by atoms with Gasteiger partial charge in [0.25, 0.3) is 0 Å². The first kappa shape index (κ1) is 17.0. The standard InChI is InChI=1S/C18H19NO6/c1-3-23-18(22)19-12-4-5-13-11(7-16(20)25-15(13)8-12)9-24-17(21)14-6-10(14)2/h4-5,7-8,10,14H,3,6,9H2,1-2H3,(H,19,22)/t10-,14+/m0/s1. The zero-order valence-corrected chi connectivity index (χ0v) is 14.0. The van der Waals surface area contributed by atoms with Crippen molar-refractivity contribution in [1.29, 1.82) is 0 Å². The summed E-state index contributed by atoms with van der Waals surface area (Å²) < 4.78 is 15.3. The highest BCUT2D eigenvalue weighted by Crippen LogP contribution is 2.38. The highest BCUT2D eigenvalue weighted by atomic mass is 16.5. The Morgan fingerprint density at radius 3 is 2.72 bits per heavy atom. The average molecular weight is 345 g/mol. The number of carbonyl (C=O) groups is 2. The summed E-state index contributed by atoms with van der Waals surface area (Å²) in [6.07, 6.45) is 0.257. The lowest BCUT2D eigenvalue weighted by molar-refractivity contribution is -0.146. The van der Waals surface area contributed by atoms with Gasteiger partial charge in [-0.2, -0.15) is 0 Å². The summed E-state index contributed by atoms with van der Waals surface area (Å²) in [5.74, 6) is 0.0860. The summed E-state index contributed by atoms with van der Waals surface area (Å²) in [5.41, 5.74) is 0.755. The number of benzene rings is 1. The van der Waals surface area contributed by atoms with Gasteiger partial charge < -0.3 is 13.9 Å². The van der Waals surface area contributed by atoms with Gasteiger partial charge in [-0.3, -0.25) is 10.1 Å². The largest absolute Gasteiger partial charge is 0.461 e.